The van der Waals surface area contributed by atoms with Gasteiger partial charge in [-0.3, -0.25) is 4.90 Å². The van der Waals surface area contributed by atoms with Crippen LogP contribution in [0, 0.1) is 0 Å². The highest BCUT2D eigenvalue weighted by molar-refractivity contribution is 4.84. The van der Waals surface area contributed by atoms with Crippen molar-refractivity contribution in [2.45, 2.75) is 58.1 Å². The van der Waals surface area contributed by atoms with Crippen molar-refractivity contribution in [2.24, 2.45) is 0 Å². The van der Waals surface area contributed by atoms with E-state index in [2.05, 4.69) is 18.7 Å². The maximum atomic E-state index is 9.55. The van der Waals surface area contributed by atoms with Crippen LogP contribution < -0.4 is 0 Å². The molecule has 1 aliphatic heterocycles. The maximum Gasteiger partial charge on any atom is 0.0682 e. The summed E-state index contributed by atoms with van der Waals surface area (Å²) in [6.07, 6.45) is 5.95. The fourth-order valence-electron chi connectivity index (χ4n) is 2.23. The Morgan fingerprint density at radius 1 is 1.31 bits per heavy atom. The highest BCUT2D eigenvalue weighted by Crippen LogP contribution is 2.21. The van der Waals surface area contributed by atoms with E-state index < -0.39 is 0 Å². The third-order valence-corrected chi connectivity index (χ3v) is 2.93. The smallest absolute Gasteiger partial charge is 0.0682 e. The van der Waals surface area contributed by atoms with E-state index in [0.29, 0.717) is 6.04 Å². The summed E-state index contributed by atoms with van der Waals surface area (Å²) in [5, 5.41) is 9.55. The molecule has 0 aromatic heterocycles. The molecule has 0 unspecified atom stereocenters. The van der Waals surface area contributed by atoms with Crippen LogP contribution in [0.2, 0.25) is 0 Å². The normalized spacial score (nSPS) is 29.8. The molecule has 0 radical (unpaired) electrons. The number of aliphatic hydroxyl groups is 1. The minimum atomic E-state index is -0.0617. The van der Waals surface area contributed by atoms with Crippen molar-refractivity contribution < 1.29 is 5.11 Å². The van der Waals surface area contributed by atoms with E-state index in [1.165, 1.54) is 32.2 Å². The number of unbranched alkanes of at least 4 members (excludes halogenated alkanes) is 1. The summed E-state index contributed by atoms with van der Waals surface area (Å²) < 4.78 is 0. The first-order chi connectivity index (χ1) is 6.27. The Hall–Kier alpha value is -0.0800. The second kappa shape index (κ2) is 5.61. The Morgan fingerprint density at radius 2 is 2.08 bits per heavy atom. The second-order valence-electron chi connectivity index (χ2n) is 4.18. The van der Waals surface area contributed by atoms with Gasteiger partial charge in [0.1, 0.15) is 0 Å². The quantitative estimate of drug-likeness (QED) is 0.708. The van der Waals surface area contributed by atoms with Gasteiger partial charge < -0.3 is 5.11 Å². The summed E-state index contributed by atoms with van der Waals surface area (Å²) in [4.78, 5) is 2.47. The van der Waals surface area contributed by atoms with Gasteiger partial charge >= 0.3 is 0 Å². The predicted molar refractivity (Wildman–Crippen MR) is 55.8 cm³/mol. The first-order valence-corrected chi connectivity index (χ1v) is 5.70. The average Bonchev–Trinajstić information content (AvgIpc) is 2.44. The standard InChI is InChI=1S/C11H23NO/c1-3-5-7-12-9-11(13)8-10(12)6-4-2/h10-11,13H,3-9H2,1-2H3/t10-,11-/m1/s1. The zero-order valence-corrected chi connectivity index (χ0v) is 9.00. The highest BCUT2D eigenvalue weighted by Gasteiger charge is 2.29. The van der Waals surface area contributed by atoms with Crippen LogP contribution >= 0.6 is 0 Å². The molecule has 13 heavy (non-hydrogen) atoms. The van der Waals surface area contributed by atoms with Gasteiger partial charge in [0.05, 0.1) is 6.10 Å². The van der Waals surface area contributed by atoms with Crippen molar-refractivity contribution in [1.82, 2.24) is 4.90 Å². The third-order valence-electron chi connectivity index (χ3n) is 2.93. The molecule has 0 amide bonds. The fourth-order valence-corrected chi connectivity index (χ4v) is 2.23. The lowest BCUT2D eigenvalue weighted by molar-refractivity contribution is 0.174. The van der Waals surface area contributed by atoms with Crippen LogP contribution in [-0.2, 0) is 0 Å². The van der Waals surface area contributed by atoms with Crippen molar-refractivity contribution in [3.05, 3.63) is 0 Å². The molecule has 0 spiro atoms. The molecule has 0 aromatic carbocycles. The first-order valence-electron chi connectivity index (χ1n) is 5.70. The topological polar surface area (TPSA) is 23.5 Å². The Labute approximate surface area is 81.9 Å². The van der Waals surface area contributed by atoms with Crippen molar-refractivity contribution in [2.75, 3.05) is 13.1 Å². The van der Waals surface area contributed by atoms with Gasteiger partial charge in [-0.1, -0.05) is 26.7 Å². The molecule has 0 saturated carbocycles. The van der Waals surface area contributed by atoms with E-state index in [1.807, 2.05) is 0 Å². The summed E-state index contributed by atoms with van der Waals surface area (Å²) in [6, 6.07) is 0.659. The third kappa shape index (κ3) is 3.28. The Kier molecular flexibility index (Phi) is 4.74. The Bertz CT molecular complexity index is 138. The summed E-state index contributed by atoms with van der Waals surface area (Å²) >= 11 is 0. The lowest BCUT2D eigenvalue weighted by atomic mass is 10.1. The summed E-state index contributed by atoms with van der Waals surface area (Å²) in [7, 11) is 0. The van der Waals surface area contributed by atoms with Crippen LogP contribution in [0.1, 0.15) is 46.0 Å². The largest absolute Gasteiger partial charge is 0.392 e. The molecule has 78 valence electrons. The van der Waals surface area contributed by atoms with Crippen molar-refractivity contribution >= 4 is 0 Å². The van der Waals surface area contributed by atoms with Crippen molar-refractivity contribution in [1.29, 1.82) is 0 Å². The lowest BCUT2D eigenvalue weighted by Crippen LogP contribution is -2.30. The van der Waals surface area contributed by atoms with Crippen LogP contribution in [-0.4, -0.2) is 35.2 Å². The zero-order valence-electron chi connectivity index (χ0n) is 9.00. The molecule has 0 bridgehead atoms. The molecular formula is C11H23NO. The molecule has 2 nitrogen and oxygen atoms in total. The second-order valence-corrected chi connectivity index (χ2v) is 4.18. The van der Waals surface area contributed by atoms with Gasteiger partial charge in [-0.25, -0.2) is 0 Å². The minimum absolute atomic E-state index is 0.0617. The highest BCUT2D eigenvalue weighted by atomic mass is 16.3. The molecule has 1 saturated heterocycles. The van der Waals surface area contributed by atoms with Gasteiger partial charge in [-0.2, -0.15) is 0 Å². The van der Waals surface area contributed by atoms with Crippen molar-refractivity contribution in [3.63, 3.8) is 0 Å². The molecule has 0 aliphatic carbocycles. The van der Waals surface area contributed by atoms with Gasteiger partial charge in [-0.15, -0.1) is 0 Å². The van der Waals surface area contributed by atoms with E-state index in [4.69, 9.17) is 0 Å². The van der Waals surface area contributed by atoms with Crippen LogP contribution in [0.5, 0.6) is 0 Å². The van der Waals surface area contributed by atoms with E-state index in [1.54, 1.807) is 0 Å². The number of likely N-dealkylation sites (tertiary alicyclic amines) is 1. The number of hydrogen-bond acceptors (Lipinski definition) is 2. The van der Waals surface area contributed by atoms with Gasteiger partial charge in [0.2, 0.25) is 0 Å². The first kappa shape index (κ1) is 11.0. The van der Waals surface area contributed by atoms with Crippen LogP contribution in [0.3, 0.4) is 0 Å². The number of β-amino-alcohol motifs (C(OH)–C–C–N with tert-alkyl or cyclic N) is 1. The van der Waals surface area contributed by atoms with Crippen LogP contribution in [0.15, 0.2) is 0 Å². The van der Waals surface area contributed by atoms with Gasteiger partial charge in [0.25, 0.3) is 0 Å². The van der Waals surface area contributed by atoms with E-state index in [9.17, 15) is 5.11 Å². The molecule has 0 aromatic rings. The van der Waals surface area contributed by atoms with E-state index in [0.717, 1.165) is 13.0 Å². The molecule has 2 heteroatoms. The number of hydrogen-bond donors (Lipinski definition) is 1. The van der Waals surface area contributed by atoms with Crippen molar-refractivity contribution in [3.8, 4) is 0 Å². The van der Waals surface area contributed by atoms with E-state index in [-0.39, 0.29) is 6.10 Å². The Morgan fingerprint density at radius 3 is 2.69 bits per heavy atom. The lowest BCUT2D eigenvalue weighted by Gasteiger charge is -2.23. The fraction of sp³-hybridized carbons (Fsp3) is 1.00. The van der Waals surface area contributed by atoms with Gasteiger partial charge in [0.15, 0.2) is 0 Å². The number of rotatable bonds is 5. The molecule has 1 rings (SSSR count). The number of nitrogens with zero attached hydrogens (tertiary/aromatic N) is 1. The summed E-state index contributed by atoms with van der Waals surface area (Å²) in [5.41, 5.74) is 0. The van der Waals surface area contributed by atoms with Gasteiger partial charge in [0, 0.05) is 12.6 Å². The molecular weight excluding hydrogens is 162 g/mol. The van der Waals surface area contributed by atoms with E-state index >= 15 is 0 Å². The summed E-state index contributed by atoms with van der Waals surface area (Å²) in [6.45, 7) is 6.53. The van der Waals surface area contributed by atoms with Crippen LogP contribution in [0.4, 0.5) is 0 Å². The monoisotopic (exact) mass is 185 g/mol. The molecule has 1 N–H and O–H groups in total. The minimum Gasteiger partial charge on any atom is -0.392 e. The predicted octanol–water partition coefficient (Wildman–Crippen LogP) is 2.02. The van der Waals surface area contributed by atoms with Gasteiger partial charge in [-0.05, 0) is 25.8 Å². The molecule has 1 fully saturated rings. The Balaban J connectivity index is 2.31. The maximum absolute atomic E-state index is 9.55. The summed E-state index contributed by atoms with van der Waals surface area (Å²) in [5.74, 6) is 0. The zero-order chi connectivity index (χ0) is 9.68. The molecule has 1 heterocycles. The molecule has 1 aliphatic rings. The SMILES string of the molecule is CCCCN1C[C@H](O)C[C@H]1CCC. The van der Waals surface area contributed by atoms with Crippen LogP contribution in [0.25, 0.3) is 0 Å². The number of aliphatic hydroxyl groups excluding tert-OH is 1. The average molecular weight is 185 g/mol. The molecule has 2 atom stereocenters.